The molecule has 6 nitrogen and oxygen atoms in total. The smallest absolute Gasteiger partial charge is 0.297 e. The molecule has 0 saturated heterocycles. The van der Waals surface area contributed by atoms with E-state index in [1.165, 1.54) is 0 Å². The van der Waals surface area contributed by atoms with Crippen LogP contribution in [-0.4, -0.2) is 27.8 Å². The molecule has 25 heavy (non-hydrogen) atoms. The normalized spacial score (nSPS) is 17.8. The van der Waals surface area contributed by atoms with E-state index in [0.717, 1.165) is 22.7 Å². The second kappa shape index (κ2) is 6.39. The first-order valence-corrected chi connectivity index (χ1v) is 7.99. The highest BCUT2D eigenvalue weighted by Gasteiger charge is 2.18. The molecule has 128 valence electrons. The molecule has 1 aliphatic carbocycles. The fourth-order valence-electron chi connectivity index (χ4n) is 2.84. The molecular weight excluding hydrogens is 314 g/mol. The van der Waals surface area contributed by atoms with Crippen molar-refractivity contribution >= 4 is 17.1 Å². The highest BCUT2D eigenvalue weighted by atomic mass is 16.1. The Morgan fingerprint density at radius 2 is 1.72 bits per heavy atom. The summed E-state index contributed by atoms with van der Waals surface area (Å²) in [6.07, 6.45) is 3.64. The topological polar surface area (TPSA) is 77.7 Å². The van der Waals surface area contributed by atoms with Crippen molar-refractivity contribution in [3.05, 3.63) is 69.8 Å². The number of para-hydroxylation sites is 1. The lowest BCUT2D eigenvalue weighted by Gasteiger charge is -2.11. The van der Waals surface area contributed by atoms with Crippen LogP contribution in [0, 0.1) is 6.92 Å². The van der Waals surface area contributed by atoms with Gasteiger partial charge in [0.2, 0.25) is 0 Å². The van der Waals surface area contributed by atoms with E-state index < -0.39 is 0 Å². The second-order valence-electron chi connectivity index (χ2n) is 5.94. The zero-order valence-corrected chi connectivity index (χ0v) is 14.8. The summed E-state index contributed by atoms with van der Waals surface area (Å²) < 4.78 is 3.41. The van der Waals surface area contributed by atoms with Crippen LogP contribution >= 0.6 is 0 Å². The molecule has 2 N–H and O–H groups in total. The van der Waals surface area contributed by atoms with E-state index in [0.29, 0.717) is 17.1 Å². The Labute approximate surface area is 146 Å². The summed E-state index contributed by atoms with van der Waals surface area (Å²) >= 11 is 0. The van der Waals surface area contributed by atoms with Crippen LogP contribution in [0.1, 0.15) is 12.6 Å². The highest BCUT2D eigenvalue weighted by molar-refractivity contribution is 6.23. The average Bonchev–Trinajstić information content (AvgIpc) is 2.82. The molecule has 1 aliphatic rings. The first-order chi connectivity index (χ1) is 11.9. The van der Waals surface area contributed by atoms with Gasteiger partial charge >= 0.3 is 0 Å². The molecule has 0 saturated carbocycles. The summed E-state index contributed by atoms with van der Waals surface area (Å²) in [6, 6.07) is 9.49. The number of aliphatic imine (C=N–C) groups is 2. The van der Waals surface area contributed by atoms with E-state index in [1.807, 2.05) is 57.3 Å². The Bertz CT molecular complexity index is 1000. The van der Waals surface area contributed by atoms with Gasteiger partial charge in [0, 0.05) is 14.1 Å². The van der Waals surface area contributed by atoms with Crippen LogP contribution in [-0.2, 0) is 7.05 Å². The molecule has 0 aliphatic heterocycles. The molecule has 0 unspecified atom stereocenters. The summed E-state index contributed by atoms with van der Waals surface area (Å²) in [6.45, 7) is 3.82. The molecule has 1 aromatic heterocycles. The molecule has 0 radical (unpaired) electrons. The van der Waals surface area contributed by atoms with E-state index in [2.05, 4.69) is 9.98 Å². The van der Waals surface area contributed by atoms with Crippen LogP contribution < -0.4 is 11.3 Å². The lowest BCUT2D eigenvalue weighted by atomic mass is 10.0. The quantitative estimate of drug-likeness (QED) is 0.856. The number of nitrogens with two attached hydrogens (primary N) is 1. The van der Waals surface area contributed by atoms with Crippen molar-refractivity contribution in [1.29, 1.82) is 0 Å². The number of nitrogens with zero attached hydrogens (tertiary/aromatic N) is 4. The molecule has 0 fully saturated rings. The van der Waals surface area contributed by atoms with E-state index in [1.54, 1.807) is 22.5 Å². The summed E-state index contributed by atoms with van der Waals surface area (Å²) in [5.74, 6) is 0. The van der Waals surface area contributed by atoms with Gasteiger partial charge in [-0.1, -0.05) is 18.2 Å². The standard InChI is InChI=1S/C19H21N5O/c1-12-10-17(15(20)11-16(12)21-3)22-18-13(2)23(4)24(19(18)25)14-8-6-5-7-9-14/h5-11H,20H2,1-4H3/b21-16+,22-17+. The molecule has 0 atom stereocenters. The van der Waals surface area contributed by atoms with E-state index in [4.69, 9.17) is 5.73 Å². The van der Waals surface area contributed by atoms with Crippen LogP contribution in [0.25, 0.3) is 5.69 Å². The van der Waals surface area contributed by atoms with Crippen molar-refractivity contribution in [2.45, 2.75) is 13.8 Å². The molecule has 2 aromatic rings. The van der Waals surface area contributed by atoms with Crippen LogP contribution in [0.3, 0.4) is 0 Å². The number of hydrogen-bond donors (Lipinski definition) is 1. The van der Waals surface area contributed by atoms with Gasteiger partial charge in [-0.05, 0) is 43.7 Å². The van der Waals surface area contributed by atoms with Gasteiger partial charge in [0.1, 0.15) is 0 Å². The van der Waals surface area contributed by atoms with Crippen molar-refractivity contribution in [2.75, 3.05) is 7.05 Å². The van der Waals surface area contributed by atoms with Gasteiger partial charge in [-0.25, -0.2) is 9.67 Å². The van der Waals surface area contributed by atoms with E-state index in [9.17, 15) is 4.79 Å². The van der Waals surface area contributed by atoms with Crippen LogP contribution in [0.5, 0.6) is 0 Å². The van der Waals surface area contributed by atoms with Crippen LogP contribution in [0.4, 0.5) is 5.69 Å². The molecule has 0 amide bonds. The minimum absolute atomic E-state index is 0.174. The predicted molar refractivity (Wildman–Crippen MR) is 102 cm³/mol. The predicted octanol–water partition coefficient (Wildman–Crippen LogP) is 2.43. The van der Waals surface area contributed by atoms with Gasteiger partial charge in [-0.15, -0.1) is 0 Å². The fourth-order valence-corrected chi connectivity index (χ4v) is 2.84. The third kappa shape index (κ3) is 2.87. The molecule has 3 rings (SSSR count). The lowest BCUT2D eigenvalue weighted by molar-refractivity contribution is 0.630. The SMILES string of the molecule is C/N=C1C=C(N)/C(=N/c2c(C)n(C)n(-c3ccccc3)c2=O)C=C\1C. The second-order valence-corrected chi connectivity index (χ2v) is 5.94. The summed E-state index contributed by atoms with van der Waals surface area (Å²) in [5.41, 5.74) is 10.7. The molecule has 1 aromatic carbocycles. The third-order valence-corrected chi connectivity index (χ3v) is 4.34. The Hall–Kier alpha value is -3.15. The molecule has 0 spiro atoms. The van der Waals surface area contributed by atoms with E-state index in [-0.39, 0.29) is 5.56 Å². The molecule has 0 bridgehead atoms. The summed E-state index contributed by atoms with van der Waals surface area (Å²) in [7, 11) is 3.56. The largest absolute Gasteiger partial charge is 0.397 e. The van der Waals surface area contributed by atoms with Gasteiger partial charge < -0.3 is 5.73 Å². The number of rotatable bonds is 2. The van der Waals surface area contributed by atoms with Gasteiger partial charge in [-0.3, -0.25) is 14.5 Å². The first-order valence-electron chi connectivity index (χ1n) is 7.99. The number of hydrogen-bond acceptors (Lipinski definition) is 4. The van der Waals surface area contributed by atoms with Gasteiger partial charge in [0.05, 0.1) is 28.5 Å². The fraction of sp³-hybridized carbons (Fsp3) is 0.211. The molecule has 1 heterocycles. The minimum atomic E-state index is -0.174. The highest BCUT2D eigenvalue weighted by Crippen LogP contribution is 2.19. The number of allylic oxidation sites excluding steroid dienone is 3. The number of aromatic nitrogens is 2. The lowest BCUT2D eigenvalue weighted by Crippen LogP contribution is -2.20. The minimum Gasteiger partial charge on any atom is -0.397 e. The zero-order valence-electron chi connectivity index (χ0n) is 14.8. The van der Waals surface area contributed by atoms with Crippen molar-refractivity contribution in [1.82, 2.24) is 9.36 Å². The van der Waals surface area contributed by atoms with Crippen molar-refractivity contribution in [3.8, 4) is 5.69 Å². The summed E-state index contributed by atoms with van der Waals surface area (Å²) in [4.78, 5) is 21.7. The van der Waals surface area contributed by atoms with Crippen LogP contribution in [0.15, 0.2) is 68.5 Å². The Balaban J connectivity index is 2.16. The maximum absolute atomic E-state index is 12.9. The maximum Gasteiger partial charge on any atom is 0.297 e. The first kappa shape index (κ1) is 16.7. The Morgan fingerprint density at radius 3 is 2.36 bits per heavy atom. The monoisotopic (exact) mass is 335 g/mol. The molecular formula is C19H21N5O. The Morgan fingerprint density at radius 1 is 1.04 bits per heavy atom. The zero-order chi connectivity index (χ0) is 18.1. The third-order valence-electron chi connectivity index (χ3n) is 4.34. The number of benzene rings is 1. The summed E-state index contributed by atoms with van der Waals surface area (Å²) in [5, 5.41) is 0. The van der Waals surface area contributed by atoms with E-state index >= 15 is 0 Å². The Kier molecular flexibility index (Phi) is 4.27. The van der Waals surface area contributed by atoms with Crippen LogP contribution in [0.2, 0.25) is 0 Å². The van der Waals surface area contributed by atoms with Gasteiger partial charge in [0.25, 0.3) is 5.56 Å². The van der Waals surface area contributed by atoms with Crippen molar-refractivity contribution in [3.63, 3.8) is 0 Å². The van der Waals surface area contributed by atoms with Crippen molar-refractivity contribution in [2.24, 2.45) is 22.8 Å². The van der Waals surface area contributed by atoms with Crippen molar-refractivity contribution < 1.29 is 0 Å². The van der Waals surface area contributed by atoms with Gasteiger partial charge in [-0.2, -0.15) is 0 Å². The van der Waals surface area contributed by atoms with Gasteiger partial charge in [0.15, 0.2) is 5.69 Å². The average molecular weight is 335 g/mol. The molecule has 6 heteroatoms. The maximum atomic E-state index is 12.9.